The molecule has 0 unspecified atom stereocenters. The molecule has 3 aliphatic heterocycles. The van der Waals surface area contributed by atoms with Gasteiger partial charge in [0.2, 0.25) is 0 Å². The van der Waals surface area contributed by atoms with E-state index >= 15 is 0 Å². The van der Waals surface area contributed by atoms with Gasteiger partial charge in [0.15, 0.2) is 18.9 Å². The standard InChI is InChI=1S/C4H4O3/c5-2-1-3(5)7-4(1)6-2/h1-4H. The van der Waals surface area contributed by atoms with Gasteiger partial charge in [-0.15, -0.1) is 0 Å². The lowest BCUT2D eigenvalue weighted by atomic mass is 9.92. The van der Waals surface area contributed by atoms with Crippen molar-refractivity contribution in [2.75, 3.05) is 0 Å². The van der Waals surface area contributed by atoms with Gasteiger partial charge in [-0.05, 0) is 0 Å². The molecule has 0 spiro atoms. The first-order chi connectivity index (χ1) is 3.45. The van der Waals surface area contributed by atoms with Crippen LogP contribution < -0.4 is 0 Å². The van der Waals surface area contributed by atoms with Gasteiger partial charge in [-0.1, -0.05) is 0 Å². The molecule has 3 nitrogen and oxygen atoms in total. The number of hydrogen-bond acceptors (Lipinski definition) is 3. The molecule has 3 heterocycles. The Morgan fingerprint density at radius 3 is 1.14 bits per heavy atom. The molecule has 3 heteroatoms. The Hall–Kier alpha value is -0.120. The predicted molar refractivity (Wildman–Crippen MR) is 18.1 cm³/mol. The maximum atomic E-state index is 4.96. The van der Waals surface area contributed by atoms with Crippen molar-refractivity contribution in [2.45, 2.75) is 18.9 Å². The highest BCUT2D eigenvalue weighted by Crippen LogP contribution is 2.53. The van der Waals surface area contributed by atoms with E-state index in [1.54, 1.807) is 0 Å². The molecule has 3 rings (SSSR count). The fraction of sp³-hybridized carbons (Fsp3) is 1.00. The van der Waals surface area contributed by atoms with Crippen molar-refractivity contribution in [2.24, 2.45) is 5.92 Å². The summed E-state index contributed by atoms with van der Waals surface area (Å²) in [6, 6.07) is 0. The predicted octanol–water partition coefficient (Wildman–Crippen LogP) is -0.329. The highest BCUT2D eigenvalue weighted by Gasteiger charge is 2.68. The molecule has 0 aromatic heterocycles. The van der Waals surface area contributed by atoms with Gasteiger partial charge >= 0.3 is 0 Å². The summed E-state index contributed by atoms with van der Waals surface area (Å²) in [7, 11) is 0. The van der Waals surface area contributed by atoms with E-state index in [1.165, 1.54) is 0 Å². The second-order valence-corrected chi connectivity index (χ2v) is 2.09. The molecule has 0 aliphatic carbocycles. The maximum absolute atomic E-state index is 4.96. The van der Waals surface area contributed by atoms with E-state index in [-0.39, 0.29) is 18.9 Å². The van der Waals surface area contributed by atoms with Gasteiger partial charge in [0.05, 0.1) is 0 Å². The average molecular weight is 100 g/mol. The third-order valence-electron chi connectivity index (χ3n) is 1.75. The normalized spacial score (nSPS) is 72.0. The molecule has 0 bridgehead atoms. The summed E-state index contributed by atoms with van der Waals surface area (Å²) in [5.41, 5.74) is 0. The van der Waals surface area contributed by atoms with E-state index in [9.17, 15) is 0 Å². The Balaban J connectivity index is 2.00. The van der Waals surface area contributed by atoms with Crippen LogP contribution in [0.3, 0.4) is 0 Å². The molecule has 0 radical (unpaired) electrons. The zero-order valence-electron chi connectivity index (χ0n) is 3.53. The zero-order chi connectivity index (χ0) is 4.43. The molecular weight excluding hydrogens is 96.0 g/mol. The summed E-state index contributed by atoms with van der Waals surface area (Å²) in [5, 5.41) is 0. The van der Waals surface area contributed by atoms with Gasteiger partial charge in [0.25, 0.3) is 0 Å². The quantitative estimate of drug-likeness (QED) is 0.417. The lowest BCUT2D eigenvalue weighted by Gasteiger charge is -2.64. The highest BCUT2D eigenvalue weighted by atomic mass is 16.9. The minimum atomic E-state index is 0.115. The highest BCUT2D eigenvalue weighted by molar-refractivity contribution is 4.96. The Morgan fingerprint density at radius 2 is 1.14 bits per heavy atom. The molecule has 0 N–H and O–H groups in total. The molecule has 3 saturated heterocycles. The van der Waals surface area contributed by atoms with Gasteiger partial charge < -0.3 is 14.2 Å². The van der Waals surface area contributed by atoms with Gasteiger partial charge in [0.1, 0.15) is 5.92 Å². The van der Waals surface area contributed by atoms with Crippen LogP contribution in [0.15, 0.2) is 0 Å². The Labute approximate surface area is 40.2 Å². The summed E-state index contributed by atoms with van der Waals surface area (Å²) < 4.78 is 14.9. The largest absolute Gasteiger partial charge is 0.322 e. The van der Waals surface area contributed by atoms with E-state index in [0.717, 1.165) is 0 Å². The third-order valence-corrected chi connectivity index (χ3v) is 1.75. The topological polar surface area (TPSA) is 27.7 Å². The van der Waals surface area contributed by atoms with E-state index in [4.69, 9.17) is 14.2 Å². The minimum Gasteiger partial charge on any atom is -0.322 e. The van der Waals surface area contributed by atoms with E-state index in [1.807, 2.05) is 0 Å². The zero-order valence-corrected chi connectivity index (χ0v) is 3.53. The number of rotatable bonds is 0. The maximum Gasteiger partial charge on any atom is 0.176 e. The van der Waals surface area contributed by atoms with Crippen molar-refractivity contribution < 1.29 is 14.2 Å². The smallest absolute Gasteiger partial charge is 0.176 e. The van der Waals surface area contributed by atoms with Crippen LogP contribution >= 0.6 is 0 Å². The fourth-order valence-electron chi connectivity index (χ4n) is 1.15. The molecule has 3 aliphatic rings. The number of ether oxygens (including phenoxy) is 3. The van der Waals surface area contributed by atoms with Crippen LogP contribution in [0.25, 0.3) is 0 Å². The third kappa shape index (κ3) is 0.155. The molecule has 38 valence electrons. The van der Waals surface area contributed by atoms with Crippen molar-refractivity contribution in [1.82, 2.24) is 0 Å². The molecule has 3 fully saturated rings. The molecule has 0 aromatic rings. The van der Waals surface area contributed by atoms with Gasteiger partial charge in [-0.25, -0.2) is 0 Å². The molecule has 0 amide bonds. The second kappa shape index (κ2) is 0.632. The fourth-order valence-corrected chi connectivity index (χ4v) is 1.15. The molecule has 0 aromatic carbocycles. The SMILES string of the molecule is O1C2OC3OC1C23. The van der Waals surface area contributed by atoms with Crippen LogP contribution in [0.4, 0.5) is 0 Å². The average Bonchev–Trinajstić information content (AvgIpc) is 1.66. The van der Waals surface area contributed by atoms with Crippen molar-refractivity contribution in [3.05, 3.63) is 0 Å². The molecule has 0 atom stereocenters. The van der Waals surface area contributed by atoms with Crippen LogP contribution in [0.5, 0.6) is 0 Å². The summed E-state index contributed by atoms with van der Waals surface area (Å²) in [6.45, 7) is 0. The van der Waals surface area contributed by atoms with Crippen molar-refractivity contribution in [3.63, 3.8) is 0 Å². The monoisotopic (exact) mass is 100 g/mol. The lowest BCUT2D eigenvalue weighted by molar-refractivity contribution is -0.610. The van der Waals surface area contributed by atoms with Crippen LogP contribution in [0, 0.1) is 5.92 Å². The van der Waals surface area contributed by atoms with E-state index < -0.39 is 0 Å². The van der Waals surface area contributed by atoms with Crippen molar-refractivity contribution in [1.29, 1.82) is 0 Å². The lowest BCUT2D eigenvalue weighted by Crippen LogP contribution is -2.77. The summed E-state index contributed by atoms with van der Waals surface area (Å²) in [6.07, 6.45) is 0.344. The molecule has 0 saturated carbocycles. The van der Waals surface area contributed by atoms with Crippen LogP contribution in [0.2, 0.25) is 0 Å². The first-order valence-electron chi connectivity index (χ1n) is 2.41. The van der Waals surface area contributed by atoms with Gasteiger partial charge in [-0.3, -0.25) is 0 Å². The van der Waals surface area contributed by atoms with Crippen LogP contribution in [-0.2, 0) is 14.2 Å². The first-order valence-corrected chi connectivity index (χ1v) is 2.41. The van der Waals surface area contributed by atoms with Crippen LogP contribution in [0.1, 0.15) is 0 Å². The molecular formula is C4H4O3. The van der Waals surface area contributed by atoms with E-state index in [2.05, 4.69) is 0 Å². The Bertz CT molecular complexity index is 94.3. The Kier molecular flexibility index (Phi) is 0.273. The number of hydrogen-bond donors (Lipinski definition) is 0. The van der Waals surface area contributed by atoms with Crippen molar-refractivity contribution in [3.8, 4) is 0 Å². The second-order valence-electron chi connectivity index (χ2n) is 2.09. The summed E-state index contributed by atoms with van der Waals surface area (Å²) >= 11 is 0. The molecule has 7 heavy (non-hydrogen) atoms. The summed E-state index contributed by atoms with van der Waals surface area (Å²) in [4.78, 5) is 0. The van der Waals surface area contributed by atoms with E-state index in [0.29, 0.717) is 5.92 Å². The van der Waals surface area contributed by atoms with Gasteiger partial charge in [-0.2, -0.15) is 0 Å². The van der Waals surface area contributed by atoms with Crippen molar-refractivity contribution >= 4 is 0 Å². The van der Waals surface area contributed by atoms with Crippen LogP contribution in [-0.4, -0.2) is 18.9 Å². The summed E-state index contributed by atoms with van der Waals surface area (Å²) in [5.74, 6) is 0.611. The Morgan fingerprint density at radius 1 is 0.714 bits per heavy atom. The minimum absolute atomic E-state index is 0.115. The first kappa shape index (κ1) is 3.02. The van der Waals surface area contributed by atoms with Gasteiger partial charge in [0, 0.05) is 0 Å².